The van der Waals surface area contributed by atoms with Gasteiger partial charge >= 0.3 is 0 Å². The zero-order valence-electron chi connectivity index (χ0n) is 9.65. The second-order valence-electron chi connectivity index (χ2n) is 4.24. The maximum absolute atomic E-state index is 13.6. The minimum absolute atomic E-state index is 0.162. The van der Waals surface area contributed by atoms with Crippen molar-refractivity contribution < 1.29 is 18.6 Å². The normalized spacial score (nSPS) is 31.1. The third kappa shape index (κ3) is 1.73. The van der Waals surface area contributed by atoms with E-state index in [0.717, 1.165) is 0 Å². The van der Waals surface area contributed by atoms with E-state index in [4.69, 9.17) is 10.5 Å². The highest BCUT2D eigenvalue weighted by Crippen LogP contribution is 2.33. The third-order valence-electron chi connectivity index (χ3n) is 3.10. The number of imidazole rings is 1. The van der Waals surface area contributed by atoms with Gasteiger partial charge in [0.2, 0.25) is 0 Å². The Hall–Kier alpha value is -1.87. The highest BCUT2D eigenvalue weighted by molar-refractivity contribution is 5.81. The SMILES string of the molecule is Nc1ncnc2c1ncn2[C@@H]1O[C@H](CF)[C@@H](F)[C@H]1O. The molecule has 102 valence electrons. The molecule has 0 unspecified atom stereocenters. The van der Waals surface area contributed by atoms with Gasteiger partial charge in [-0.2, -0.15) is 0 Å². The largest absolute Gasteiger partial charge is 0.385 e. The maximum atomic E-state index is 13.6. The Morgan fingerprint density at radius 3 is 2.89 bits per heavy atom. The number of hydrogen-bond acceptors (Lipinski definition) is 6. The quantitative estimate of drug-likeness (QED) is 0.796. The molecule has 3 heterocycles. The summed E-state index contributed by atoms with van der Waals surface area (Å²) in [6.07, 6.45) is -3.15. The fourth-order valence-electron chi connectivity index (χ4n) is 2.12. The lowest BCUT2D eigenvalue weighted by atomic mass is 10.2. The van der Waals surface area contributed by atoms with Crippen LogP contribution in [-0.2, 0) is 4.74 Å². The van der Waals surface area contributed by atoms with Crippen LogP contribution >= 0.6 is 0 Å². The number of nitrogens with two attached hydrogens (primary N) is 1. The molecule has 2 aromatic rings. The molecule has 0 spiro atoms. The number of nitrogen functional groups attached to an aromatic ring is 1. The second-order valence-corrected chi connectivity index (χ2v) is 4.24. The number of anilines is 1. The van der Waals surface area contributed by atoms with Crippen molar-refractivity contribution in [3.8, 4) is 0 Å². The van der Waals surface area contributed by atoms with Crippen molar-refractivity contribution in [2.45, 2.75) is 24.6 Å². The Labute approximate surface area is 106 Å². The molecular weight excluding hydrogens is 260 g/mol. The molecule has 2 aromatic heterocycles. The van der Waals surface area contributed by atoms with Gasteiger partial charge in [-0.25, -0.2) is 23.7 Å². The van der Waals surface area contributed by atoms with Gasteiger partial charge in [0.1, 0.15) is 30.7 Å². The van der Waals surface area contributed by atoms with Crippen LogP contribution in [-0.4, -0.2) is 49.7 Å². The van der Waals surface area contributed by atoms with E-state index in [0.29, 0.717) is 11.2 Å². The monoisotopic (exact) mass is 271 g/mol. The number of nitrogens with zero attached hydrogens (tertiary/aromatic N) is 4. The number of rotatable bonds is 2. The molecule has 3 N–H and O–H groups in total. The van der Waals surface area contributed by atoms with Gasteiger partial charge in [0.05, 0.1) is 6.33 Å². The molecular formula is C10H11F2N5O2. The van der Waals surface area contributed by atoms with Gasteiger partial charge in [0.25, 0.3) is 0 Å². The molecule has 0 amide bonds. The zero-order chi connectivity index (χ0) is 13.6. The summed E-state index contributed by atoms with van der Waals surface area (Å²) in [5.74, 6) is 0.162. The molecule has 1 saturated heterocycles. The van der Waals surface area contributed by atoms with E-state index in [1.54, 1.807) is 0 Å². The Kier molecular flexibility index (Phi) is 2.79. The van der Waals surface area contributed by atoms with Gasteiger partial charge in [-0.15, -0.1) is 0 Å². The van der Waals surface area contributed by atoms with Crippen LogP contribution < -0.4 is 5.73 Å². The first kappa shape index (κ1) is 12.2. The lowest BCUT2D eigenvalue weighted by Gasteiger charge is -2.15. The summed E-state index contributed by atoms with van der Waals surface area (Å²) in [4.78, 5) is 11.7. The van der Waals surface area contributed by atoms with Crippen molar-refractivity contribution in [3.05, 3.63) is 12.7 Å². The molecule has 1 aliphatic heterocycles. The standard InChI is InChI=1S/C10H11F2N5O2/c11-1-4-5(12)7(18)10(19-4)17-3-16-6-8(13)14-2-15-9(6)17/h2-5,7,10,18H,1H2,(H2,13,14,15)/t4-,5-,7-,10-/m1/s1. The van der Waals surface area contributed by atoms with Crippen LogP contribution in [0.25, 0.3) is 11.2 Å². The van der Waals surface area contributed by atoms with Gasteiger partial charge < -0.3 is 15.6 Å². The van der Waals surface area contributed by atoms with Gasteiger partial charge in [0, 0.05) is 0 Å². The Bertz CT molecular complexity index is 607. The highest BCUT2D eigenvalue weighted by atomic mass is 19.1. The van der Waals surface area contributed by atoms with Crippen LogP contribution in [0.15, 0.2) is 12.7 Å². The summed E-state index contributed by atoms with van der Waals surface area (Å²) in [6.45, 7) is -1.02. The van der Waals surface area contributed by atoms with E-state index in [9.17, 15) is 13.9 Å². The fraction of sp³-hybridized carbons (Fsp3) is 0.500. The first-order valence-corrected chi connectivity index (χ1v) is 5.60. The summed E-state index contributed by atoms with van der Waals surface area (Å²) >= 11 is 0. The van der Waals surface area contributed by atoms with E-state index in [1.165, 1.54) is 17.2 Å². The van der Waals surface area contributed by atoms with E-state index in [-0.39, 0.29) is 5.82 Å². The Morgan fingerprint density at radius 2 is 2.21 bits per heavy atom. The van der Waals surface area contributed by atoms with Gasteiger partial charge in [-0.3, -0.25) is 4.57 Å². The van der Waals surface area contributed by atoms with Crippen LogP contribution in [0.4, 0.5) is 14.6 Å². The maximum Gasteiger partial charge on any atom is 0.167 e. The average Bonchev–Trinajstić information content (AvgIpc) is 2.94. The lowest BCUT2D eigenvalue weighted by Crippen LogP contribution is -2.28. The van der Waals surface area contributed by atoms with E-state index in [1.807, 2.05) is 0 Å². The molecule has 1 aliphatic rings. The molecule has 0 bridgehead atoms. The lowest BCUT2D eigenvalue weighted by molar-refractivity contribution is -0.0405. The first-order chi connectivity index (χ1) is 9.13. The number of alkyl halides is 2. The second kappa shape index (κ2) is 4.35. The van der Waals surface area contributed by atoms with E-state index < -0.39 is 31.3 Å². The summed E-state index contributed by atoms with van der Waals surface area (Å²) in [7, 11) is 0. The van der Waals surface area contributed by atoms with Crippen molar-refractivity contribution in [1.29, 1.82) is 0 Å². The van der Waals surface area contributed by atoms with Crippen LogP contribution in [0.2, 0.25) is 0 Å². The number of fused-ring (bicyclic) bond motifs is 1. The minimum Gasteiger partial charge on any atom is -0.385 e. The number of hydrogen-bond donors (Lipinski definition) is 2. The molecule has 0 aromatic carbocycles. The van der Waals surface area contributed by atoms with E-state index >= 15 is 0 Å². The smallest absolute Gasteiger partial charge is 0.167 e. The number of halogens is 2. The zero-order valence-corrected chi connectivity index (χ0v) is 9.65. The number of ether oxygens (including phenoxy) is 1. The highest BCUT2D eigenvalue weighted by Gasteiger charge is 2.45. The van der Waals surface area contributed by atoms with Gasteiger partial charge in [0.15, 0.2) is 23.9 Å². The van der Waals surface area contributed by atoms with Crippen LogP contribution in [0, 0.1) is 0 Å². The van der Waals surface area contributed by atoms with E-state index in [2.05, 4.69) is 15.0 Å². The number of aliphatic hydroxyl groups excluding tert-OH is 1. The van der Waals surface area contributed by atoms with Crippen LogP contribution in [0.5, 0.6) is 0 Å². The van der Waals surface area contributed by atoms with Crippen molar-refractivity contribution in [2.24, 2.45) is 0 Å². The van der Waals surface area contributed by atoms with Crippen LogP contribution in [0.3, 0.4) is 0 Å². The fourth-order valence-corrected chi connectivity index (χ4v) is 2.12. The summed E-state index contributed by atoms with van der Waals surface area (Å²) in [6, 6.07) is 0. The molecule has 0 saturated carbocycles. The molecule has 19 heavy (non-hydrogen) atoms. The summed E-state index contributed by atoms with van der Waals surface area (Å²) in [5.41, 5.74) is 6.23. The molecule has 3 rings (SSSR count). The average molecular weight is 271 g/mol. The predicted octanol–water partition coefficient (Wildman–Crippen LogP) is -0.0256. The van der Waals surface area contributed by atoms with Crippen molar-refractivity contribution in [2.75, 3.05) is 12.4 Å². The minimum atomic E-state index is -1.80. The predicted molar refractivity (Wildman–Crippen MR) is 60.5 cm³/mol. The molecule has 4 atom stereocenters. The summed E-state index contributed by atoms with van der Waals surface area (Å²) in [5, 5.41) is 9.77. The summed E-state index contributed by atoms with van der Waals surface area (Å²) < 4.78 is 32.6. The first-order valence-electron chi connectivity index (χ1n) is 5.60. The molecule has 7 nitrogen and oxygen atoms in total. The molecule has 9 heteroatoms. The topological polar surface area (TPSA) is 99.1 Å². The van der Waals surface area contributed by atoms with Gasteiger partial charge in [-0.05, 0) is 0 Å². The van der Waals surface area contributed by atoms with Crippen LogP contribution in [0.1, 0.15) is 6.23 Å². The van der Waals surface area contributed by atoms with Crippen molar-refractivity contribution in [3.63, 3.8) is 0 Å². The molecule has 0 radical (unpaired) electrons. The van der Waals surface area contributed by atoms with Crippen molar-refractivity contribution >= 4 is 17.0 Å². The molecule has 1 fully saturated rings. The molecule has 0 aliphatic carbocycles. The number of aromatic nitrogens is 4. The third-order valence-corrected chi connectivity index (χ3v) is 3.10. The Balaban J connectivity index is 2.04. The van der Waals surface area contributed by atoms with Crippen molar-refractivity contribution in [1.82, 2.24) is 19.5 Å². The number of aliphatic hydroxyl groups is 1. The van der Waals surface area contributed by atoms with Gasteiger partial charge in [-0.1, -0.05) is 0 Å². The Morgan fingerprint density at radius 1 is 1.42 bits per heavy atom.